The first kappa shape index (κ1) is 18.4. The quantitative estimate of drug-likeness (QED) is 0.739. The zero-order chi connectivity index (χ0) is 18.4. The number of carbonyl (C=O) groups is 1. The van der Waals surface area contributed by atoms with E-state index in [1.807, 2.05) is 37.4 Å². The number of aliphatic hydroxyl groups excluding tert-OH is 1. The van der Waals surface area contributed by atoms with Crippen LogP contribution in [0.1, 0.15) is 19.3 Å². The minimum absolute atomic E-state index is 0.182. The Hall–Kier alpha value is -2.38. The fourth-order valence-electron chi connectivity index (χ4n) is 3.44. The van der Waals surface area contributed by atoms with Crippen molar-refractivity contribution in [1.29, 1.82) is 0 Å². The Bertz CT molecular complexity index is 716. The molecule has 1 atom stereocenters. The minimum atomic E-state index is -0.247. The van der Waals surface area contributed by atoms with Gasteiger partial charge < -0.3 is 10.4 Å². The number of nitrogens with one attached hydrogen (secondary N) is 2. The number of likely N-dealkylation sites (tertiary alicyclic amines) is 1. The van der Waals surface area contributed by atoms with Gasteiger partial charge in [-0.05, 0) is 24.9 Å². The Morgan fingerprint density at radius 1 is 1.31 bits per heavy atom. The molecule has 0 spiro atoms. The Labute approximate surface area is 154 Å². The topological polar surface area (TPSA) is 82.4 Å². The number of aliphatic hydroxyl groups is 1. The lowest BCUT2D eigenvalue weighted by Gasteiger charge is -2.34. The molecule has 140 valence electrons. The first-order chi connectivity index (χ1) is 12.7. The van der Waals surface area contributed by atoms with E-state index < -0.39 is 0 Å². The number of amides is 2. The molecule has 7 heteroatoms. The highest BCUT2D eigenvalue weighted by Crippen LogP contribution is 2.26. The molecule has 1 fully saturated rings. The summed E-state index contributed by atoms with van der Waals surface area (Å²) in [5.41, 5.74) is 1.90. The predicted molar refractivity (Wildman–Crippen MR) is 102 cm³/mol. The lowest BCUT2D eigenvalue weighted by Crippen LogP contribution is -2.46. The molecule has 2 aromatic rings. The Morgan fingerprint density at radius 3 is 2.88 bits per heavy atom. The van der Waals surface area contributed by atoms with Crippen molar-refractivity contribution < 1.29 is 9.90 Å². The first-order valence-corrected chi connectivity index (χ1v) is 9.16. The SMILES string of the molecule is Cn1ncc(-c2ccccc2)c1NC(=O)NCCN1CCCC[C@H]1CO. The molecule has 1 aromatic carbocycles. The van der Waals surface area contributed by atoms with E-state index in [1.165, 1.54) is 6.42 Å². The molecule has 2 amide bonds. The number of anilines is 1. The van der Waals surface area contributed by atoms with E-state index in [0.717, 1.165) is 37.1 Å². The molecular weight excluding hydrogens is 330 g/mol. The molecule has 0 unspecified atom stereocenters. The van der Waals surface area contributed by atoms with Crippen molar-refractivity contribution in [2.24, 2.45) is 7.05 Å². The third-order valence-electron chi connectivity index (χ3n) is 4.90. The fourth-order valence-corrected chi connectivity index (χ4v) is 3.44. The smallest absolute Gasteiger partial charge is 0.320 e. The standard InChI is InChI=1S/C19H27N5O2/c1-23-18(17(13-21-23)15-7-3-2-4-8-15)22-19(26)20-10-12-24-11-6-5-9-16(24)14-25/h2-4,7-8,13,16,25H,5-6,9-12,14H2,1H3,(H2,20,22,26)/t16-/m0/s1. The van der Waals surface area contributed by atoms with E-state index in [0.29, 0.717) is 12.4 Å². The molecule has 1 aliphatic rings. The number of hydrogen-bond acceptors (Lipinski definition) is 4. The van der Waals surface area contributed by atoms with Crippen LogP contribution in [0.2, 0.25) is 0 Å². The number of rotatable bonds is 6. The van der Waals surface area contributed by atoms with Crippen molar-refractivity contribution in [3.8, 4) is 11.1 Å². The van der Waals surface area contributed by atoms with Crippen LogP contribution in [0.5, 0.6) is 0 Å². The van der Waals surface area contributed by atoms with Crippen LogP contribution in [0.3, 0.4) is 0 Å². The predicted octanol–water partition coefficient (Wildman–Crippen LogP) is 2.06. The van der Waals surface area contributed by atoms with E-state index in [2.05, 4.69) is 20.6 Å². The average molecular weight is 357 g/mol. The number of hydrogen-bond donors (Lipinski definition) is 3. The van der Waals surface area contributed by atoms with E-state index in [-0.39, 0.29) is 18.7 Å². The number of urea groups is 1. The second-order valence-electron chi connectivity index (χ2n) is 6.65. The maximum atomic E-state index is 12.3. The van der Waals surface area contributed by atoms with Gasteiger partial charge in [-0.2, -0.15) is 5.10 Å². The molecule has 1 aromatic heterocycles. The van der Waals surface area contributed by atoms with Gasteiger partial charge in [0.2, 0.25) is 0 Å². The second-order valence-corrected chi connectivity index (χ2v) is 6.65. The molecular formula is C19H27N5O2. The van der Waals surface area contributed by atoms with Crippen molar-refractivity contribution in [2.75, 3.05) is 31.6 Å². The van der Waals surface area contributed by atoms with Gasteiger partial charge in [-0.3, -0.25) is 14.9 Å². The molecule has 1 aliphatic heterocycles. The van der Waals surface area contributed by atoms with Gasteiger partial charge in [0, 0.05) is 31.7 Å². The van der Waals surface area contributed by atoms with Crippen LogP contribution in [0, 0.1) is 0 Å². The van der Waals surface area contributed by atoms with Crippen LogP contribution in [0.15, 0.2) is 36.5 Å². The van der Waals surface area contributed by atoms with Crippen molar-refractivity contribution in [2.45, 2.75) is 25.3 Å². The summed E-state index contributed by atoms with van der Waals surface area (Å²) in [7, 11) is 1.81. The number of aromatic nitrogens is 2. The molecule has 1 saturated heterocycles. The highest BCUT2D eigenvalue weighted by Gasteiger charge is 2.21. The molecule has 0 bridgehead atoms. The number of carbonyl (C=O) groups excluding carboxylic acids is 1. The second kappa shape index (κ2) is 8.82. The van der Waals surface area contributed by atoms with E-state index in [9.17, 15) is 9.90 Å². The summed E-state index contributed by atoms with van der Waals surface area (Å²) >= 11 is 0. The molecule has 7 nitrogen and oxygen atoms in total. The van der Waals surface area contributed by atoms with E-state index >= 15 is 0 Å². The number of nitrogens with zero attached hydrogens (tertiary/aromatic N) is 3. The largest absolute Gasteiger partial charge is 0.395 e. The molecule has 0 radical (unpaired) electrons. The maximum absolute atomic E-state index is 12.3. The van der Waals surface area contributed by atoms with Crippen LogP contribution in [-0.2, 0) is 7.05 Å². The van der Waals surface area contributed by atoms with Crippen LogP contribution in [-0.4, -0.2) is 58.1 Å². The van der Waals surface area contributed by atoms with Crippen molar-refractivity contribution in [3.05, 3.63) is 36.5 Å². The lowest BCUT2D eigenvalue weighted by atomic mass is 10.0. The average Bonchev–Trinajstić information content (AvgIpc) is 3.03. The lowest BCUT2D eigenvalue weighted by molar-refractivity contribution is 0.0917. The third kappa shape index (κ3) is 4.42. The molecule has 0 aliphatic carbocycles. The molecule has 26 heavy (non-hydrogen) atoms. The van der Waals surface area contributed by atoms with Crippen LogP contribution in [0.25, 0.3) is 11.1 Å². The Kier molecular flexibility index (Phi) is 6.25. The van der Waals surface area contributed by atoms with Gasteiger partial charge >= 0.3 is 6.03 Å². The Balaban J connectivity index is 1.55. The minimum Gasteiger partial charge on any atom is -0.395 e. The first-order valence-electron chi connectivity index (χ1n) is 9.16. The van der Waals surface area contributed by atoms with Crippen molar-refractivity contribution in [3.63, 3.8) is 0 Å². The normalized spacial score (nSPS) is 17.8. The monoisotopic (exact) mass is 357 g/mol. The number of piperidine rings is 1. The summed E-state index contributed by atoms with van der Waals surface area (Å²) in [5.74, 6) is 0.667. The highest BCUT2D eigenvalue weighted by molar-refractivity contribution is 5.93. The van der Waals surface area contributed by atoms with Gasteiger partial charge in [-0.1, -0.05) is 36.8 Å². The van der Waals surface area contributed by atoms with Crippen LogP contribution >= 0.6 is 0 Å². The van der Waals surface area contributed by atoms with Crippen LogP contribution in [0.4, 0.5) is 10.6 Å². The molecule has 0 saturated carbocycles. The van der Waals surface area contributed by atoms with Gasteiger partial charge in [-0.15, -0.1) is 0 Å². The van der Waals surface area contributed by atoms with Crippen molar-refractivity contribution >= 4 is 11.8 Å². The maximum Gasteiger partial charge on any atom is 0.320 e. The van der Waals surface area contributed by atoms with E-state index in [1.54, 1.807) is 10.9 Å². The summed E-state index contributed by atoms with van der Waals surface area (Å²) in [6.07, 6.45) is 5.10. The summed E-state index contributed by atoms with van der Waals surface area (Å²) in [4.78, 5) is 14.6. The summed E-state index contributed by atoms with van der Waals surface area (Å²) in [6.45, 7) is 2.45. The highest BCUT2D eigenvalue weighted by atomic mass is 16.3. The number of aryl methyl sites for hydroxylation is 1. The van der Waals surface area contributed by atoms with Crippen molar-refractivity contribution in [1.82, 2.24) is 20.0 Å². The summed E-state index contributed by atoms with van der Waals surface area (Å²) in [5, 5.41) is 19.5. The van der Waals surface area contributed by atoms with Crippen LogP contribution < -0.4 is 10.6 Å². The zero-order valence-electron chi connectivity index (χ0n) is 15.2. The summed E-state index contributed by atoms with van der Waals surface area (Å²) in [6, 6.07) is 9.83. The molecule has 3 N–H and O–H groups in total. The zero-order valence-corrected chi connectivity index (χ0v) is 15.2. The van der Waals surface area contributed by atoms with Gasteiger partial charge in [-0.25, -0.2) is 4.79 Å². The molecule has 2 heterocycles. The summed E-state index contributed by atoms with van der Waals surface area (Å²) < 4.78 is 1.66. The van der Waals surface area contributed by atoms with Gasteiger partial charge in [0.15, 0.2) is 0 Å². The van der Waals surface area contributed by atoms with Gasteiger partial charge in [0.1, 0.15) is 5.82 Å². The fraction of sp³-hybridized carbons (Fsp3) is 0.474. The number of benzene rings is 1. The van der Waals surface area contributed by atoms with Gasteiger partial charge in [0.25, 0.3) is 0 Å². The Morgan fingerprint density at radius 2 is 2.12 bits per heavy atom. The third-order valence-corrected chi connectivity index (χ3v) is 4.90. The molecule has 3 rings (SSSR count). The van der Waals surface area contributed by atoms with E-state index in [4.69, 9.17) is 0 Å². The van der Waals surface area contributed by atoms with Gasteiger partial charge in [0.05, 0.1) is 12.8 Å².